The maximum atomic E-state index is 13.0. The van der Waals surface area contributed by atoms with E-state index in [0.717, 1.165) is 23.4 Å². The van der Waals surface area contributed by atoms with Crippen molar-refractivity contribution in [2.45, 2.75) is 32.9 Å². The van der Waals surface area contributed by atoms with E-state index in [-0.39, 0.29) is 11.9 Å². The molecule has 1 heterocycles. The summed E-state index contributed by atoms with van der Waals surface area (Å²) in [4.78, 5) is 0. The molecule has 0 fully saturated rings. The molecule has 1 aromatic carbocycles. The van der Waals surface area contributed by atoms with Crippen LogP contribution in [-0.4, -0.2) is 27.3 Å². The van der Waals surface area contributed by atoms with Gasteiger partial charge in [-0.3, -0.25) is 0 Å². The van der Waals surface area contributed by atoms with E-state index in [4.69, 9.17) is 0 Å². The first-order chi connectivity index (χ1) is 9.11. The molecule has 0 aliphatic carbocycles. The van der Waals surface area contributed by atoms with Gasteiger partial charge in [0, 0.05) is 6.54 Å². The van der Waals surface area contributed by atoms with E-state index in [0.29, 0.717) is 6.54 Å². The van der Waals surface area contributed by atoms with Crippen molar-refractivity contribution in [3.8, 4) is 0 Å². The first kappa shape index (κ1) is 13.6. The van der Waals surface area contributed by atoms with Gasteiger partial charge in [-0.25, -0.2) is 9.07 Å². The lowest BCUT2D eigenvalue weighted by molar-refractivity contribution is 0.511. The monoisotopic (exact) mass is 263 g/mol. The van der Waals surface area contributed by atoms with Crippen LogP contribution < -0.4 is 5.32 Å². The van der Waals surface area contributed by atoms with Gasteiger partial charge < -0.3 is 5.32 Å². The molecule has 0 saturated heterocycles. The largest absolute Gasteiger partial charge is 0.311 e. The van der Waals surface area contributed by atoms with E-state index in [1.54, 1.807) is 10.7 Å². The Bertz CT molecular complexity index is 552. The van der Waals surface area contributed by atoms with E-state index in [1.807, 2.05) is 27.0 Å². The van der Waals surface area contributed by atoms with Crippen molar-refractivity contribution in [3.63, 3.8) is 0 Å². The number of hydrogen-bond donors (Lipinski definition) is 1. The number of nitrogens with zero attached hydrogens (tertiary/aromatic N) is 4. The molecule has 1 aromatic heterocycles. The van der Waals surface area contributed by atoms with E-state index in [1.165, 1.54) is 6.07 Å². The first-order valence-corrected chi connectivity index (χ1v) is 6.30. The number of benzene rings is 1. The summed E-state index contributed by atoms with van der Waals surface area (Å²) in [6.07, 6.45) is 0.778. The Balaban J connectivity index is 2.08. The van der Waals surface area contributed by atoms with Gasteiger partial charge in [-0.05, 0) is 61.0 Å². The molecule has 0 aliphatic rings. The van der Waals surface area contributed by atoms with Crippen LogP contribution in [0.1, 0.15) is 29.9 Å². The SMILES string of the molecule is CNC(C)c1nnnn1CCc1ccc(F)cc1C. The highest BCUT2D eigenvalue weighted by atomic mass is 19.1. The molecule has 19 heavy (non-hydrogen) atoms. The van der Waals surface area contributed by atoms with Gasteiger partial charge in [0.25, 0.3) is 0 Å². The fraction of sp³-hybridized carbons (Fsp3) is 0.462. The molecule has 0 saturated carbocycles. The topological polar surface area (TPSA) is 55.6 Å². The van der Waals surface area contributed by atoms with Crippen molar-refractivity contribution in [1.29, 1.82) is 0 Å². The van der Waals surface area contributed by atoms with Crippen LogP contribution in [0.4, 0.5) is 4.39 Å². The summed E-state index contributed by atoms with van der Waals surface area (Å²) < 4.78 is 14.8. The van der Waals surface area contributed by atoms with Crippen LogP contribution in [0.3, 0.4) is 0 Å². The summed E-state index contributed by atoms with van der Waals surface area (Å²) in [5, 5.41) is 14.8. The van der Waals surface area contributed by atoms with Crippen LogP contribution in [-0.2, 0) is 13.0 Å². The van der Waals surface area contributed by atoms with Gasteiger partial charge in [-0.1, -0.05) is 6.07 Å². The van der Waals surface area contributed by atoms with Crippen molar-refractivity contribution in [2.24, 2.45) is 0 Å². The molecule has 0 amide bonds. The third-order valence-corrected chi connectivity index (χ3v) is 3.28. The van der Waals surface area contributed by atoms with Crippen molar-refractivity contribution >= 4 is 0 Å². The Hall–Kier alpha value is -1.82. The molecule has 0 radical (unpaired) electrons. The number of aryl methyl sites for hydroxylation is 3. The van der Waals surface area contributed by atoms with Gasteiger partial charge in [-0.2, -0.15) is 0 Å². The molecule has 0 aliphatic heterocycles. The fourth-order valence-electron chi connectivity index (χ4n) is 1.98. The van der Waals surface area contributed by atoms with Crippen LogP contribution in [0.2, 0.25) is 0 Å². The molecule has 2 rings (SSSR count). The number of halogens is 1. The standard InChI is InChI=1S/C13H18FN5/c1-9-8-12(14)5-4-11(9)6-7-19-13(10(2)15-3)16-17-18-19/h4-5,8,10,15H,6-7H2,1-3H3. The number of nitrogens with one attached hydrogen (secondary N) is 1. The van der Waals surface area contributed by atoms with Gasteiger partial charge in [0.05, 0.1) is 6.04 Å². The lowest BCUT2D eigenvalue weighted by Crippen LogP contribution is -2.19. The van der Waals surface area contributed by atoms with E-state index < -0.39 is 0 Å². The molecule has 0 spiro atoms. The Morgan fingerprint density at radius 1 is 1.42 bits per heavy atom. The van der Waals surface area contributed by atoms with Gasteiger partial charge in [0.2, 0.25) is 0 Å². The molecule has 0 bridgehead atoms. The third kappa shape index (κ3) is 3.14. The van der Waals surface area contributed by atoms with Crippen molar-refractivity contribution in [2.75, 3.05) is 7.05 Å². The number of hydrogen-bond acceptors (Lipinski definition) is 4. The van der Waals surface area contributed by atoms with Crippen molar-refractivity contribution in [1.82, 2.24) is 25.5 Å². The molecular formula is C13H18FN5. The van der Waals surface area contributed by atoms with E-state index >= 15 is 0 Å². The van der Waals surface area contributed by atoms with Crippen LogP contribution in [0.5, 0.6) is 0 Å². The van der Waals surface area contributed by atoms with Gasteiger partial charge in [0.15, 0.2) is 5.82 Å². The second-order valence-corrected chi connectivity index (χ2v) is 4.59. The molecule has 2 aromatic rings. The Labute approximate surface area is 111 Å². The molecule has 1 atom stereocenters. The summed E-state index contributed by atoms with van der Waals surface area (Å²) in [5.41, 5.74) is 2.07. The predicted octanol–water partition coefficient (Wildman–Crippen LogP) is 1.64. The fourth-order valence-corrected chi connectivity index (χ4v) is 1.98. The number of rotatable bonds is 5. The number of aromatic nitrogens is 4. The number of tetrazole rings is 1. The highest BCUT2D eigenvalue weighted by Gasteiger charge is 2.12. The van der Waals surface area contributed by atoms with E-state index in [2.05, 4.69) is 20.8 Å². The van der Waals surface area contributed by atoms with Crippen LogP contribution >= 0.6 is 0 Å². The zero-order valence-electron chi connectivity index (χ0n) is 11.4. The Kier molecular flexibility index (Phi) is 4.21. The average molecular weight is 263 g/mol. The Morgan fingerprint density at radius 2 is 2.21 bits per heavy atom. The van der Waals surface area contributed by atoms with Crippen molar-refractivity contribution < 1.29 is 4.39 Å². The second-order valence-electron chi connectivity index (χ2n) is 4.59. The maximum Gasteiger partial charge on any atom is 0.167 e. The molecule has 102 valence electrons. The van der Waals surface area contributed by atoms with E-state index in [9.17, 15) is 4.39 Å². The second kappa shape index (κ2) is 5.88. The highest BCUT2D eigenvalue weighted by molar-refractivity contribution is 5.26. The minimum atomic E-state index is -0.201. The highest BCUT2D eigenvalue weighted by Crippen LogP contribution is 2.13. The minimum absolute atomic E-state index is 0.101. The zero-order valence-corrected chi connectivity index (χ0v) is 11.4. The summed E-state index contributed by atoms with van der Waals surface area (Å²) in [6.45, 7) is 4.60. The zero-order chi connectivity index (χ0) is 13.8. The summed E-state index contributed by atoms with van der Waals surface area (Å²) in [6, 6.07) is 4.95. The quantitative estimate of drug-likeness (QED) is 0.891. The van der Waals surface area contributed by atoms with Crippen LogP contribution in [0.15, 0.2) is 18.2 Å². The summed E-state index contributed by atoms with van der Waals surface area (Å²) in [5.74, 6) is 0.607. The molecule has 1 unspecified atom stereocenters. The minimum Gasteiger partial charge on any atom is -0.311 e. The van der Waals surface area contributed by atoms with Gasteiger partial charge in [-0.15, -0.1) is 5.10 Å². The molecular weight excluding hydrogens is 245 g/mol. The van der Waals surface area contributed by atoms with Gasteiger partial charge in [0.1, 0.15) is 5.82 Å². The molecule has 1 N–H and O–H groups in total. The van der Waals surface area contributed by atoms with Crippen LogP contribution in [0, 0.1) is 12.7 Å². The lowest BCUT2D eigenvalue weighted by Gasteiger charge is -2.11. The lowest BCUT2D eigenvalue weighted by atomic mass is 10.1. The van der Waals surface area contributed by atoms with Crippen LogP contribution in [0.25, 0.3) is 0 Å². The summed E-state index contributed by atoms with van der Waals surface area (Å²) in [7, 11) is 1.87. The normalized spacial score (nSPS) is 12.6. The average Bonchev–Trinajstić information content (AvgIpc) is 2.85. The predicted molar refractivity (Wildman–Crippen MR) is 70.1 cm³/mol. The smallest absolute Gasteiger partial charge is 0.167 e. The maximum absolute atomic E-state index is 13.0. The molecule has 6 heteroatoms. The summed E-state index contributed by atoms with van der Waals surface area (Å²) >= 11 is 0. The molecule has 5 nitrogen and oxygen atoms in total. The third-order valence-electron chi connectivity index (χ3n) is 3.28. The first-order valence-electron chi connectivity index (χ1n) is 6.30. The Morgan fingerprint density at radius 3 is 2.89 bits per heavy atom. The van der Waals surface area contributed by atoms with Crippen molar-refractivity contribution in [3.05, 3.63) is 41.0 Å². The van der Waals surface area contributed by atoms with Gasteiger partial charge >= 0.3 is 0 Å².